The maximum Gasteiger partial charge on any atom is 0.202 e. The van der Waals surface area contributed by atoms with Gasteiger partial charge in [0.25, 0.3) is 0 Å². The SMILES string of the molecule is CC1O[C@H](Oc2cccc3ccccc23)CC(OCc2ccccc2)[C@H]1OCc1ccccc1. The summed E-state index contributed by atoms with van der Waals surface area (Å²) in [5, 5.41) is 2.22. The molecule has 0 N–H and O–H groups in total. The van der Waals surface area contributed by atoms with E-state index in [-0.39, 0.29) is 18.3 Å². The fraction of sp³-hybridized carbons (Fsp3) is 0.267. The molecule has 4 atom stereocenters. The van der Waals surface area contributed by atoms with Crippen molar-refractivity contribution >= 4 is 10.8 Å². The van der Waals surface area contributed by atoms with E-state index in [1.807, 2.05) is 67.6 Å². The average Bonchev–Trinajstić information content (AvgIpc) is 2.88. The number of rotatable bonds is 8. The van der Waals surface area contributed by atoms with Crippen LogP contribution in [-0.2, 0) is 27.4 Å². The average molecular weight is 455 g/mol. The van der Waals surface area contributed by atoms with E-state index in [1.165, 1.54) is 0 Å². The minimum Gasteiger partial charge on any atom is -0.464 e. The minimum atomic E-state index is -0.418. The van der Waals surface area contributed by atoms with Gasteiger partial charge in [0, 0.05) is 11.8 Å². The van der Waals surface area contributed by atoms with Gasteiger partial charge in [-0.15, -0.1) is 0 Å². The van der Waals surface area contributed by atoms with Gasteiger partial charge in [-0.2, -0.15) is 0 Å². The van der Waals surface area contributed by atoms with Gasteiger partial charge in [0.15, 0.2) is 0 Å². The molecule has 0 saturated carbocycles. The Bertz CT molecular complexity index is 1170. The van der Waals surface area contributed by atoms with Gasteiger partial charge in [-0.25, -0.2) is 0 Å². The Balaban J connectivity index is 1.32. The quantitative estimate of drug-likeness (QED) is 0.304. The van der Waals surface area contributed by atoms with Gasteiger partial charge in [0.1, 0.15) is 11.9 Å². The third-order valence-electron chi connectivity index (χ3n) is 6.22. The van der Waals surface area contributed by atoms with Gasteiger partial charge < -0.3 is 18.9 Å². The highest BCUT2D eigenvalue weighted by Gasteiger charge is 2.39. The highest BCUT2D eigenvalue weighted by molar-refractivity contribution is 5.88. The summed E-state index contributed by atoms with van der Waals surface area (Å²) in [5.41, 5.74) is 2.26. The summed E-state index contributed by atoms with van der Waals surface area (Å²) < 4.78 is 25.4. The molecule has 0 bridgehead atoms. The highest BCUT2D eigenvalue weighted by Crippen LogP contribution is 2.32. The molecular formula is C30H30O4. The molecule has 4 heteroatoms. The van der Waals surface area contributed by atoms with Gasteiger partial charge in [-0.3, -0.25) is 0 Å². The molecule has 1 fully saturated rings. The predicted octanol–water partition coefficient (Wildman–Crippen LogP) is 6.52. The molecule has 1 aliphatic rings. The van der Waals surface area contributed by atoms with Gasteiger partial charge in [0.2, 0.25) is 6.29 Å². The number of benzene rings is 4. The number of hydrogen-bond acceptors (Lipinski definition) is 4. The van der Waals surface area contributed by atoms with Crippen molar-refractivity contribution in [3.8, 4) is 5.75 Å². The Morgan fingerprint density at radius 2 is 1.32 bits per heavy atom. The van der Waals surface area contributed by atoms with E-state index >= 15 is 0 Å². The topological polar surface area (TPSA) is 36.9 Å². The molecule has 34 heavy (non-hydrogen) atoms. The molecule has 174 valence electrons. The van der Waals surface area contributed by atoms with Crippen LogP contribution < -0.4 is 4.74 Å². The standard InChI is InChI=1S/C30H30O4/c1-22-30(32-21-24-13-6-3-7-14-24)28(31-20-23-11-4-2-5-12-23)19-29(33-22)34-27-18-10-16-25-15-8-9-17-26(25)27/h2-18,22,28-30H,19-21H2,1H3/t22?,28?,29-,30+/m1/s1. The monoisotopic (exact) mass is 454 g/mol. The molecule has 0 spiro atoms. The largest absolute Gasteiger partial charge is 0.464 e. The van der Waals surface area contributed by atoms with Crippen molar-refractivity contribution in [2.45, 2.75) is 51.2 Å². The van der Waals surface area contributed by atoms with Crippen molar-refractivity contribution in [1.82, 2.24) is 0 Å². The van der Waals surface area contributed by atoms with E-state index in [4.69, 9.17) is 18.9 Å². The maximum absolute atomic E-state index is 6.41. The first-order chi connectivity index (χ1) is 16.8. The molecule has 4 aromatic rings. The van der Waals surface area contributed by atoms with Gasteiger partial charge in [-0.1, -0.05) is 97.1 Å². The molecule has 0 radical (unpaired) electrons. The summed E-state index contributed by atoms with van der Waals surface area (Å²) in [6.45, 7) is 3.07. The van der Waals surface area contributed by atoms with Crippen molar-refractivity contribution in [2.24, 2.45) is 0 Å². The minimum absolute atomic E-state index is 0.160. The second-order valence-electron chi connectivity index (χ2n) is 8.70. The Labute approximate surface area is 201 Å². The molecule has 1 heterocycles. The fourth-order valence-electron chi connectivity index (χ4n) is 4.46. The number of fused-ring (bicyclic) bond motifs is 1. The molecule has 0 aliphatic carbocycles. The second kappa shape index (κ2) is 10.8. The number of ether oxygens (including phenoxy) is 4. The van der Waals surface area contributed by atoms with Crippen molar-refractivity contribution in [3.05, 3.63) is 114 Å². The third kappa shape index (κ3) is 5.48. The summed E-state index contributed by atoms with van der Waals surface area (Å²) >= 11 is 0. The summed E-state index contributed by atoms with van der Waals surface area (Å²) in [6.07, 6.45) is -0.375. The molecule has 1 aliphatic heterocycles. The lowest BCUT2D eigenvalue weighted by Gasteiger charge is -2.40. The Hall–Kier alpha value is -3.18. The Morgan fingerprint density at radius 3 is 2.06 bits per heavy atom. The summed E-state index contributed by atoms with van der Waals surface area (Å²) in [6, 6.07) is 34.7. The Kier molecular flexibility index (Phi) is 7.20. The van der Waals surface area contributed by atoms with Crippen LogP contribution in [0.25, 0.3) is 10.8 Å². The molecule has 0 amide bonds. The zero-order chi connectivity index (χ0) is 23.2. The van der Waals surface area contributed by atoms with Crippen LogP contribution in [0.5, 0.6) is 5.75 Å². The normalized spacial score (nSPS) is 22.5. The van der Waals surface area contributed by atoms with Crippen molar-refractivity contribution in [2.75, 3.05) is 0 Å². The fourth-order valence-corrected chi connectivity index (χ4v) is 4.46. The first-order valence-corrected chi connectivity index (χ1v) is 11.9. The summed E-state index contributed by atoms with van der Waals surface area (Å²) in [4.78, 5) is 0. The molecule has 1 saturated heterocycles. The van der Waals surface area contributed by atoms with Crippen LogP contribution >= 0.6 is 0 Å². The first-order valence-electron chi connectivity index (χ1n) is 11.9. The van der Waals surface area contributed by atoms with E-state index in [1.54, 1.807) is 0 Å². The van der Waals surface area contributed by atoms with Gasteiger partial charge >= 0.3 is 0 Å². The summed E-state index contributed by atoms with van der Waals surface area (Å²) in [7, 11) is 0. The third-order valence-corrected chi connectivity index (χ3v) is 6.22. The van der Waals surface area contributed by atoms with Gasteiger partial charge in [0.05, 0.1) is 25.4 Å². The predicted molar refractivity (Wildman–Crippen MR) is 134 cm³/mol. The van der Waals surface area contributed by atoms with E-state index in [0.29, 0.717) is 19.6 Å². The highest BCUT2D eigenvalue weighted by atomic mass is 16.7. The lowest BCUT2D eigenvalue weighted by Crippen LogP contribution is -2.50. The number of hydrogen-bond donors (Lipinski definition) is 0. The molecule has 2 unspecified atom stereocenters. The van der Waals surface area contributed by atoms with Crippen LogP contribution in [0.1, 0.15) is 24.5 Å². The molecule has 4 nitrogen and oxygen atoms in total. The smallest absolute Gasteiger partial charge is 0.202 e. The second-order valence-corrected chi connectivity index (χ2v) is 8.70. The zero-order valence-electron chi connectivity index (χ0n) is 19.4. The van der Waals surface area contributed by atoms with Crippen molar-refractivity contribution < 1.29 is 18.9 Å². The van der Waals surface area contributed by atoms with Crippen LogP contribution in [0.2, 0.25) is 0 Å². The molecular weight excluding hydrogens is 424 g/mol. The van der Waals surface area contributed by atoms with Crippen LogP contribution in [0.3, 0.4) is 0 Å². The van der Waals surface area contributed by atoms with E-state index < -0.39 is 6.29 Å². The van der Waals surface area contributed by atoms with Crippen LogP contribution in [0.15, 0.2) is 103 Å². The summed E-state index contributed by atoms with van der Waals surface area (Å²) in [5.74, 6) is 0.820. The first kappa shape index (κ1) is 22.6. The van der Waals surface area contributed by atoms with Crippen LogP contribution in [-0.4, -0.2) is 24.6 Å². The van der Waals surface area contributed by atoms with E-state index in [0.717, 1.165) is 27.6 Å². The molecule has 4 aromatic carbocycles. The van der Waals surface area contributed by atoms with Crippen LogP contribution in [0.4, 0.5) is 0 Å². The lowest BCUT2D eigenvalue weighted by molar-refractivity contribution is -0.242. The van der Waals surface area contributed by atoms with E-state index in [2.05, 4.69) is 42.5 Å². The lowest BCUT2D eigenvalue weighted by atomic mass is 10.0. The Morgan fingerprint density at radius 1 is 0.706 bits per heavy atom. The zero-order valence-corrected chi connectivity index (χ0v) is 19.4. The van der Waals surface area contributed by atoms with Crippen molar-refractivity contribution in [1.29, 1.82) is 0 Å². The van der Waals surface area contributed by atoms with E-state index in [9.17, 15) is 0 Å². The van der Waals surface area contributed by atoms with Crippen LogP contribution in [0, 0.1) is 0 Å². The van der Waals surface area contributed by atoms with Gasteiger partial charge in [-0.05, 0) is 29.5 Å². The molecule has 5 rings (SSSR count). The van der Waals surface area contributed by atoms with Crippen molar-refractivity contribution in [3.63, 3.8) is 0 Å². The maximum atomic E-state index is 6.41. The molecule has 0 aromatic heterocycles.